The molecule has 0 radical (unpaired) electrons. The van der Waals surface area contributed by atoms with Gasteiger partial charge in [-0.15, -0.1) is 0 Å². The molecule has 1 heterocycles. The van der Waals surface area contributed by atoms with Crippen LogP contribution in [-0.2, 0) is 16.0 Å². The van der Waals surface area contributed by atoms with E-state index < -0.39 is 0 Å². The zero-order valence-corrected chi connectivity index (χ0v) is 13.1. The van der Waals surface area contributed by atoms with Crippen LogP contribution in [0.25, 0.3) is 0 Å². The molecule has 0 bridgehead atoms. The normalized spacial score (nSPS) is 16.2. The fourth-order valence-corrected chi connectivity index (χ4v) is 2.65. The first-order valence-corrected chi connectivity index (χ1v) is 7.50. The van der Waals surface area contributed by atoms with Gasteiger partial charge in [0.25, 0.3) is 0 Å². The summed E-state index contributed by atoms with van der Waals surface area (Å²) >= 11 is 0. The summed E-state index contributed by atoms with van der Waals surface area (Å²) in [5, 5.41) is 0. The van der Waals surface area contributed by atoms with Gasteiger partial charge in [0.2, 0.25) is 11.8 Å². The zero-order valence-electron chi connectivity index (χ0n) is 13.1. The van der Waals surface area contributed by atoms with Gasteiger partial charge in [0.15, 0.2) is 0 Å². The number of nitrogens with zero attached hydrogens (tertiary/aromatic N) is 2. The lowest BCUT2D eigenvalue weighted by Crippen LogP contribution is -2.58. The fourth-order valence-electron chi connectivity index (χ4n) is 2.65. The van der Waals surface area contributed by atoms with Crippen molar-refractivity contribution >= 4 is 11.8 Å². The lowest BCUT2D eigenvalue weighted by Gasteiger charge is -2.42. The van der Waals surface area contributed by atoms with Crippen LogP contribution in [0.4, 0.5) is 0 Å². The molecular weight excluding hydrogens is 264 g/mol. The van der Waals surface area contributed by atoms with Crippen molar-refractivity contribution in [1.82, 2.24) is 9.80 Å². The van der Waals surface area contributed by atoms with Crippen molar-refractivity contribution in [3.8, 4) is 0 Å². The first kappa shape index (κ1) is 15.5. The van der Waals surface area contributed by atoms with Crippen molar-refractivity contribution in [2.45, 2.75) is 39.2 Å². The maximum Gasteiger partial charge on any atom is 0.242 e. The topological polar surface area (TPSA) is 40.6 Å². The number of hydrogen-bond acceptors (Lipinski definition) is 2. The van der Waals surface area contributed by atoms with Gasteiger partial charge in [0.05, 0.1) is 6.54 Å². The highest BCUT2D eigenvalue weighted by Gasteiger charge is 2.32. The molecule has 21 heavy (non-hydrogen) atoms. The van der Waals surface area contributed by atoms with E-state index in [1.165, 1.54) is 0 Å². The molecule has 2 rings (SSSR count). The van der Waals surface area contributed by atoms with E-state index in [-0.39, 0.29) is 23.9 Å². The van der Waals surface area contributed by atoms with E-state index in [1.54, 1.807) is 4.90 Å². The first-order valence-electron chi connectivity index (χ1n) is 7.50. The molecule has 1 aromatic rings. The highest BCUT2D eigenvalue weighted by molar-refractivity contribution is 5.86. The van der Waals surface area contributed by atoms with Crippen LogP contribution in [0, 0.1) is 0 Å². The third kappa shape index (κ3) is 4.06. The molecular formula is C17H24N2O2. The summed E-state index contributed by atoms with van der Waals surface area (Å²) in [5.74, 6) is 0.113. The Kier molecular flexibility index (Phi) is 4.66. The van der Waals surface area contributed by atoms with Gasteiger partial charge in [-0.25, -0.2) is 0 Å². The number of benzene rings is 1. The fraction of sp³-hybridized carbons (Fsp3) is 0.529. The average molecular weight is 288 g/mol. The Morgan fingerprint density at radius 3 is 2.38 bits per heavy atom. The number of carbonyl (C=O) groups excluding carboxylic acids is 2. The highest BCUT2D eigenvalue weighted by Crippen LogP contribution is 2.17. The van der Waals surface area contributed by atoms with Crippen LogP contribution in [0.1, 0.15) is 32.8 Å². The van der Waals surface area contributed by atoms with Crippen molar-refractivity contribution in [3.63, 3.8) is 0 Å². The van der Waals surface area contributed by atoms with Gasteiger partial charge in [0, 0.05) is 25.0 Å². The smallest absolute Gasteiger partial charge is 0.242 e. The van der Waals surface area contributed by atoms with Crippen LogP contribution in [0.2, 0.25) is 0 Å². The summed E-state index contributed by atoms with van der Waals surface area (Å²) in [4.78, 5) is 27.9. The van der Waals surface area contributed by atoms with Crippen LogP contribution in [0.3, 0.4) is 0 Å². The lowest BCUT2D eigenvalue weighted by molar-refractivity contribution is -0.149. The molecule has 114 valence electrons. The molecule has 0 N–H and O–H groups in total. The largest absolute Gasteiger partial charge is 0.335 e. The molecule has 0 aromatic heterocycles. The van der Waals surface area contributed by atoms with Crippen molar-refractivity contribution in [1.29, 1.82) is 0 Å². The predicted octanol–water partition coefficient (Wildman–Crippen LogP) is 2.09. The van der Waals surface area contributed by atoms with Crippen LogP contribution >= 0.6 is 0 Å². The van der Waals surface area contributed by atoms with Gasteiger partial charge in [-0.05, 0) is 32.8 Å². The summed E-state index contributed by atoms with van der Waals surface area (Å²) in [6, 6.07) is 9.97. The maximum atomic E-state index is 12.2. The third-order valence-corrected chi connectivity index (χ3v) is 3.85. The number of amides is 2. The molecule has 2 amide bonds. The zero-order chi connectivity index (χ0) is 15.5. The van der Waals surface area contributed by atoms with Gasteiger partial charge >= 0.3 is 0 Å². The van der Waals surface area contributed by atoms with Crippen molar-refractivity contribution in [2.75, 3.05) is 19.6 Å². The highest BCUT2D eigenvalue weighted by atomic mass is 16.2. The SMILES string of the molecule is CC(C)(C)N1CCN(C(=O)CCc2ccccc2)CC1=O. The van der Waals surface area contributed by atoms with Crippen molar-refractivity contribution in [2.24, 2.45) is 0 Å². The van der Waals surface area contributed by atoms with Gasteiger partial charge in [0.1, 0.15) is 0 Å². The second-order valence-corrected chi connectivity index (χ2v) is 6.52. The Hall–Kier alpha value is -1.84. The molecule has 0 spiro atoms. The molecule has 1 fully saturated rings. The van der Waals surface area contributed by atoms with Gasteiger partial charge in [-0.1, -0.05) is 30.3 Å². The number of hydrogen-bond donors (Lipinski definition) is 0. The van der Waals surface area contributed by atoms with E-state index in [4.69, 9.17) is 0 Å². The summed E-state index contributed by atoms with van der Waals surface area (Å²) in [6.07, 6.45) is 1.19. The van der Waals surface area contributed by atoms with E-state index in [9.17, 15) is 9.59 Å². The van der Waals surface area contributed by atoms with Crippen LogP contribution in [0.15, 0.2) is 30.3 Å². The minimum absolute atomic E-state index is 0.0433. The molecule has 0 aliphatic carbocycles. The van der Waals surface area contributed by atoms with E-state index in [2.05, 4.69) is 0 Å². The molecule has 1 saturated heterocycles. The van der Waals surface area contributed by atoms with E-state index in [0.717, 1.165) is 12.0 Å². The number of carbonyl (C=O) groups is 2. The quantitative estimate of drug-likeness (QED) is 0.854. The van der Waals surface area contributed by atoms with Gasteiger partial charge in [-0.3, -0.25) is 9.59 Å². The molecule has 0 atom stereocenters. The summed E-state index contributed by atoms with van der Waals surface area (Å²) < 4.78 is 0. The van der Waals surface area contributed by atoms with E-state index in [1.807, 2.05) is 56.0 Å². The van der Waals surface area contributed by atoms with Crippen LogP contribution < -0.4 is 0 Å². The minimum Gasteiger partial charge on any atom is -0.335 e. The Morgan fingerprint density at radius 1 is 1.14 bits per heavy atom. The molecule has 0 unspecified atom stereocenters. The van der Waals surface area contributed by atoms with E-state index in [0.29, 0.717) is 19.5 Å². The monoisotopic (exact) mass is 288 g/mol. The Morgan fingerprint density at radius 2 is 1.81 bits per heavy atom. The predicted molar refractivity (Wildman–Crippen MR) is 82.8 cm³/mol. The second kappa shape index (κ2) is 6.29. The molecule has 1 aliphatic heterocycles. The second-order valence-electron chi connectivity index (χ2n) is 6.52. The molecule has 1 aliphatic rings. The summed E-state index contributed by atoms with van der Waals surface area (Å²) in [6.45, 7) is 7.55. The lowest BCUT2D eigenvalue weighted by atomic mass is 10.0. The Bertz CT molecular complexity index is 505. The van der Waals surface area contributed by atoms with Crippen LogP contribution in [-0.4, -0.2) is 46.8 Å². The van der Waals surface area contributed by atoms with Crippen molar-refractivity contribution in [3.05, 3.63) is 35.9 Å². The summed E-state index contributed by atoms with van der Waals surface area (Å²) in [5.41, 5.74) is 0.987. The number of piperazine rings is 1. The van der Waals surface area contributed by atoms with Crippen LogP contribution in [0.5, 0.6) is 0 Å². The van der Waals surface area contributed by atoms with E-state index >= 15 is 0 Å². The standard InChI is InChI=1S/C17H24N2O2/c1-17(2,3)19-12-11-18(13-16(19)21)15(20)10-9-14-7-5-4-6-8-14/h4-8H,9-13H2,1-3H3. The molecule has 4 heteroatoms. The number of rotatable bonds is 3. The van der Waals surface area contributed by atoms with Gasteiger partial charge in [-0.2, -0.15) is 0 Å². The number of aryl methyl sites for hydroxylation is 1. The maximum absolute atomic E-state index is 12.2. The van der Waals surface area contributed by atoms with Crippen molar-refractivity contribution < 1.29 is 9.59 Å². The van der Waals surface area contributed by atoms with Gasteiger partial charge < -0.3 is 9.80 Å². The average Bonchev–Trinajstić information content (AvgIpc) is 2.44. The Labute approximate surface area is 126 Å². The molecule has 0 saturated carbocycles. The third-order valence-electron chi connectivity index (χ3n) is 3.85. The molecule has 4 nitrogen and oxygen atoms in total. The minimum atomic E-state index is -0.170. The molecule has 1 aromatic carbocycles. The first-order chi connectivity index (χ1) is 9.88. The summed E-state index contributed by atoms with van der Waals surface area (Å²) in [7, 11) is 0. The Balaban J connectivity index is 1.86.